The molecular weight excluding hydrogens is 341 g/mol. The highest BCUT2D eigenvalue weighted by atomic mass is 19.1. The van der Waals surface area contributed by atoms with Crippen LogP contribution in [0.25, 0.3) is 0 Å². The first kappa shape index (κ1) is 19.4. The van der Waals surface area contributed by atoms with Crippen LogP contribution in [0.15, 0.2) is 48.0 Å². The van der Waals surface area contributed by atoms with Crippen molar-refractivity contribution in [3.8, 4) is 0 Å². The van der Waals surface area contributed by atoms with E-state index in [9.17, 15) is 4.39 Å². The van der Waals surface area contributed by atoms with Gasteiger partial charge in [0.25, 0.3) is 0 Å². The van der Waals surface area contributed by atoms with Crippen molar-refractivity contribution < 1.29 is 4.39 Å². The molecule has 1 saturated heterocycles. The number of hydrogen-bond donors (Lipinski definition) is 1. The van der Waals surface area contributed by atoms with Crippen LogP contribution in [0.5, 0.6) is 0 Å². The fourth-order valence-electron chi connectivity index (χ4n) is 3.68. The van der Waals surface area contributed by atoms with E-state index >= 15 is 0 Å². The predicted molar refractivity (Wildman–Crippen MR) is 107 cm³/mol. The van der Waals surface area contributed by atoms with Crippen LogP contribution in [0.2, 0.25) is 0 Å². The number of guanidine groups is 1. The minimum absolute atomic E-state index is 0.169. The summed E-state index contributed by atoms with van der Waals surface area (Å²) in [6.07, 6.45) is 8.69. The predicted octanol–water partition coefficient (Wildman–Crippen LogP) is 3.50. The number of rotatable bonds is 6. The third-order valence-electron chi connectivity index (χ3n) is 5.24. The molecule has 3 rings (SSSR count). The van der Waals surface area contributed by atoms with E-state index < -0.39 is 0 Å². The summed E-state index contributed by atoms with van der Waals surface area (Å²) in [4.78, 5) is 11.4. The van der Waals surface area contributed by atoms with Crippen LogP contribution in [-0.2, 0) is 6.42 Å². The molecule has 0 aliphatic carbocycles. The van der Waals surface area contributed by atoms with Crippen LogP contribution in [0.1, 0.15) is 38.3 Å². The molecule has 1 aliphatic heterocycles. The fraction of sp³-hybridized carbons (Fsp3) is 0.524. The second-order valence-corrected chi connectivity index (χ2v) is 7.26. The van der Waals surface area contributed by atoms with Crippen LogP contribution in [0.3, 0.4) is 0 Å². The van der Waals surface area contributed by atoms with Gasteiger partial charge in [0, 0.05) is 38.6 Å². The van der Waals surface area contributed by atoms with Gasteiger partial charge in [-0.15, -0.1) is 0 Å². The molecule has 0 amide bonds. The van der Waals surface area contributed by atoms with E-state index in [4.69, 9.17) is 4.99 Å². The Balaban J connectivity index is 1.59. The number of aliphatic imine (C=N–C) groups is 1. The molecule has 2 aromatic rings. The van der Waals surface area contributed by atoms with Crippen LogP contribution in [0, 0.1) is 11.7 Å². The fourth-order valence-corrected chi connectivity index (χ4v) is 3.68. The summed E-state index contributed by atoms with van der Waals surface area (Å²) in [6, 6.07) is 7.25. The number of nitrogens with zero attached hydrogens (tertiary/aromatic N) is 4. The summed E-state index contributed by atoms with van der Waals surface area (Å²) in [7, 11) is 0. The highest BCUT2D eigenvalue weighted by molar-refractivity contribution is 5.80. The zero-order chi connectivity index (χ0) is 19.1. The van der Waals surface area contributed by atoms with E-state index in [1.807, 2.05) is 24.8 Å². The third-order valence-corrected chi connectivity index (χ3v) is 5.24. The molecule has 1 aromatic carbocycles. The van der Waals surface area contributed by atoms with Gasteiger partial charge in [-0.1, -0.05) is 19.1 Å². The highest BCUT2D eigenvalue weighted by Gasteiger charge is 2.28. The lowest BCUT2D eigenvalue weighted by Gasteiger charge is -2.39. The number of aromatic nitrogens is 2. The van der Waals surface area contributed by atoms with Crippen molar-refractivity contribution in [1.29, 1.82) is 0 Å². The summed E-state index contributed by atoms with van der Waals surface area (Å²) in [6.45, 7) is 7.95. The van der Waals surface area contributed by atoms with Gasteiger partial charge in [0.05, 0.1) is 12.4 Å². The number of piperidine rings is 1. The van der Waals surface area contributed by atoms with Gasteiger partial charge in [-0.05, 0) is 49.8 Å². The van der Waals surface area contributed by atoms with Crippen molar-refractivity contribution in [2.24, 2.45) is 10.9 Å². The van der Waals surface area contributed by atoms with Crippen LogP contribution >= 0.6 is 0 Å². The van der Waals surface area contributed by atoms with Gasteiger partial charge in [-0.2, -0.15) is 0 Å². The maximum absolute atomic E-state index is 13.3. The number of aryl methyl sites for hydroxylation is 1. The van der Waals surface area contributed by atoms with Gasteiger partial charge in [-0.3, -0.25) is 4.99 Å². The standard InChI is InChI=1S/C21H30FN5/c1-3-24-21(25-10-5-7-18-6-4-8-19(22)14-18)26-12-9-17(2)20(15-26)27-13-11-23-16-27/h4,6,8,11,13-14,16-17,20H,3,5,7,9-10,12,15H2,1-2H3,(H,24,25). The van der Waals surface area contributed by atoms with Crippen molar-refractivity contribution >= 4 is 5.96 Å². The van der Waals surface area contributed by atoms with E-state index in [1.54, 1.807) is 12.1 Å². The first-order chi connectivity index (χ1) is 13.2. The van der Waals surface area contributed by atoms with Crippen LogP contribution in [-0.4, -0.2) is 46.6 Å². The average molecular weight is 372 g/mol. The molecule has 6 heteroatoms. The smallest absolute Gasteiger partial charge is 0.193 e. The van der Waals surface area contributed by atoms with Crippen molar-refractivity contribution in [2.75, 3.05) is 26.2 Å². The Hall–Kier alpha value is -2.37. The average Bonchev–Trinajstić information content (AvgIpc) is 3.19. The lowest BCUT2D eigenvalue weighted by molar-refractivity contribution is 0.189. The topological polar surface area (TPSA) is 45.5 Å². The second-order valence-electron chi connectivity index (χ2n) is 7.26. The molecule has 2 unspecified atom stereocenters. The van der Waals surface area contributed by atoms with E-state index in [2.05, 4.69) is 33.6 Å². The highest BCUT2D eigenvalue weighted by Crippen LogP contribution is 2.27. The molecule has 5 nitrogen and oxygen atoms in total. The zero-order valence-electron chi connectivity index (χ0n) is 16.3. The first-order valence-electron chi connectivity index (χ1n) is 9.92. The van der Waals surface area contributed by atoms with Crippen LogP contribution < -0.4 is 5.32 Å². The molecule has 1 aromatic heterocycles. The summed E-state index contributed by atoms with van der Waals surface area (Å²) >= 11 is 0. The molecular formula is C21H30FN5. The molecule has 146 valence electrons. The van der Waals surface area contributed by atoms with Gasteiger partial charge in [0.15, 0.2) is 5.96 Å². The zero-order valence-corrected chi connectivity index (χ0v) is 16.3. The Morgan fingerprint density at radius 2 is 2.30 bits per heavy atom. The summed E-state index contributed by atoms with van der Waals surface area (Å²) in [5.74, 6) is 1.43. The number of benzene rings is 1. The first-order valence-corrected chi connectivity index (χ1v) is 9.92. The number of imidazole rings is 1. The molecule has 0 spiro atoms. The number of nitrogens with one attached hydrogen (secondary N) is 1. The van der Waals surface area contributed by atoms with Gasteiger partial charge >= 0.3 is 0 Å². The lowest BCUT2D eigenvalue weighted by Crippen LogP contribution is -2.49. The number of halogens is 1. The Morgan fingerprint density at radius 3 is 3.04 bits per heavy atom. The SMILES string of the molecule is CCNC(=NCCCc1cccc(F)c1)N1CCC(C)C(n2ccnc2)C1. The molecule has 1 N–H and O–H groups in total. The van der Waals surface area contributed by atoms with Gasteiger partial charge in [0.2, 0.25) is 0 Å². The Morgan fingerprint density at radius 1 is 1.41 bits per heavy atom. The maximum Gasteiger partial charge on any atom is 0.193 e. The van der Waals surface area contributed by atoms with E-state index in [1.165, 1.54) is 6.07 Å². The molecule has 0 bridgehead atoms. The maximum atomic E-state index is 13.3. The molecule has 1 aliphatic rings. The molecule has 0 saturated carbocycles. The Kier molecular flexibility index (Phi) is 6.85. The number of hydrogen-bond acceptors (Lipinski definition) is 2. The van der Waals surface area contributed by atoms with Crippen molar-refractivity contribution in [3.05, 3.63) is 54.4 Å². The second kappa shape index (κ2) is 9.53. The summed E-state index contributed by atoms with van der Waals surface area (Å²) in [5, 5.41) is 3.43. The van der Waals surface area contributed by atoms with Crippen molar-refractivity contribution in [3.63, 3.8) is 0 Å². The normalized spacial score (nSPS) is 20.7. The Labute approximate surface area is 161 Å². The molecule has 1 fully saturated rings. The molecule has 27 heavy (non-hydrogen) atoms. The van der Waals surface area contributed by atoms with Gasteiger partial charge in [0.1, 0.15) is 5.82 Å². The summed E-state index contributed by atoms with van der Waals surface area (Å²) < 4.78 is 15.5. The van der Waals surface area contributed by atoms with Gasteiger partial charge in [-0.25, -0.2) is 9.37 Å². The molecule has 2 heterocycles. The van der Waals surface area contributed by atoms with Crippen molar-refractivity contribution in [2.45, 2.75) is 39.2 Å². The van der Waals surface area contributed by atoms with Crippen molar-refractivity contribution in [1.82, 2.24) is 19.8 Å². The van der Waals surface area contributed by atoms with E-state index in [0.717, 1.165) is 57.0 Å². The van der Waals surface area contributed by atoms with Crippen LogP contribution in [0.4, 0.5) is 4.39 Å². The minimum Gasteiger partial charge on any atom is -0.357 e. The lowest BCUT2D eigenvalue weighted by atomic mass is 9.93. The van der Waals surface area contributed by atoms with Gasteiger partial charge < -0.3 is 14.8 Å². The monoisotopic (exact) mass is 371 g/mol. The van der Waals surface area contributed by atoms with E-state index in [-0.39, 0.29) is 5.82 Å². The quantitative estimate of drug-likeness (QED) is 0.480. The third kappa shape index (κ3) is 5.31. The largest absolute Gasteiger partial charge is 0.357 e. The van der Waals surface area contributed by atoms with E-state index in [0.29, 0.717) is 12.0 Å². The minimum atomic E-state index is -0.169. The Bertz CT molecular complexity index is 728. The summed E-state index contributed by atoms with van der Waals surface area (Å²) in [5.41, 5.74) is 1.03. The molecule has 0 radical (unpaired) electrons. The number of likely N-dealkylation sites (tertiary alicyclic amines) is 1. The molecule has 2 atom stereocenters.